The molecule has 0 saturated heterocycles. The maximum Gasteiger partial charge on any atom is 0.138 e. The molecule has 0 unspecified atom stereocenters. The van der Waals surface area contributed by atoms with E-state index >= 15 is 0 Å². The fourth-order valence-corrected chi connectivity index (χ4v) is 2.69. The van der Waals surface area contributed by atoms with Crippen LogP contribution < -0.4 is 10.1 Å². The molecule has 0 aromatic heterocycles. The van der Waals surface area contributed by atoms with Crippen molar-refractivity contribution in [1.82, 2.24) is 0 Å². The molecular formula is C16H16ClNO. The summed E-state index contributed by atoms with van der Waals surface area (Å²) < 4.78 is 5.28. The van der Waals surface area contributed by atoms with Gasteiger partial charge >= 0.3 is 0 Å². The smallest absolute Gasteiger partial charge is 0.138 e. The maximum absolute atomic E-state index is 6.06. The van der Waals surface area contributed by atoms with Crippen LogP contribution in [-0.4, -0.2) is 13.7 Å². The first-order valence-corrected chi connectivity index (χ1v) is 6.86. The van der Waals surface area contributed by atoms with Crippen molar-refractivity contribution >= 4 is 17.3 Å². The van der Waals surface area contributed by atoms with E-state index in [9.17, 15) is 0 Å². The zero-order valence-electron chi connectivity index (χ0n) is 10.9. The maximum atomic E-state index is 6.06. The first-order valence-electron chi connectivity index (χ1n) is 6.48. The highest BCUT2D eigenvalue weighted by Crippen LogP contribution is 2.33. The highest BCUT2D eigenvalue weighted by atomic mass is 35.5. The van der Waals surface area contributed by atoms with Crippen LogP contribution in [0.2, 0.25) is 5.02 Å². The number of methoxy groups -OCH3 is 1. The third-order valence-electron chi connectivity index (χ3n) is 3.53. The molecular weight excluding hydrogens is 258 g/mol. The molecule has 1 aliphatic heterocycles. The lowest BCUT2D eigenvalue weighted by atomic mass is 9.97. The Morgan fingerprint density at radius 1 is 1.11 bits per heavy atom. The fourth-order valence-electron chi connectivity index (χ4n) is 2.49. The molecule has 98 valence electrons. The summed E-state index contributed by atoms with van der Waals surface area (Å²) in [6.45, 7) is 1.07. The number of benzene rings is 2. The number of hydrogen-bond acceptors (Lipinski definition) is 2. The van der Waals surface area contributed by atoms with Gasteiger partial charge in [-0.2, -0.15) is 0 Å². The third kappa shape index (κ3) is 2.41. The number of rotatable bonds is 2. The van der Waals surface area contributed by atoms with Gasteiger partial charge in [0.1, 0.15) is 5.75 Å². The number of ether oxygens (including phenoxy) is 1. The van der Waals surface area contributed by atoms with E-state index in [-0.39, 0.29) is 0 Å². The molecule has 3 heteroatoms. The largest absolute Gasteiger partial charge is 0.495 e. The minimum absolute atomic E-state index is 0.644. The molecule has 0 aliphatic carbocycles. The lowest BCUT2D eigenvalue weighted by Gasteiger charge is -2.19. The van der Waals surface area contributed by atoms with E-state index in [1.54, 1.807) is 7.11 Å². The molecule has 2 nitrogen and oxygen atoms in total. The van der Waals surface area contributed by atoms with E-state index < -0.39 is 0 Å². The fraction of sp³-hybridized carbons (Fsp3) is 0.250. The quantitative estimate of drug-likeness (QED) is 0.877. The van der Waals surface area contributed by atoms with Gasteiger partial charge in [-0.25, -0.2) is 0 Å². The molecule has 2 aromatic rings. The Morgan fingerprint density at radius 3 is 2.74 bits per heavy atom. The summed E-state index contributed by atoms with van der Waals surface area (Å²) in [7, 11) is 1.64. The van der Waals surface area contributed by atoms with Gasteiger partial charge in [-0.3, -0.25) is 0 Å². The summed E-state index contributed by atoms with van der Waals surface area (Å²) >= 11 is 6.06. The van der Waals surface area contributed by atoms with E-state index in [2.05, 4.69) is 23.5 Å². The molecule has 3 rings (SSSR count). The third-order valence-corrected chi connectivity index (χ3v) is 3.84. The van der Waals surface area contributed by atoms with E-state index in [1.165, 1.54) is 23.2 Å². The Kier molecular flexibility index (Phi) is 3.34. The van der Waals surface area contributed by atoms with Crippen molar-refractivity contribution in [1.29, 1.82) is 0 Å². The van der Waals surface area contributed by atoms with Gasteiger partial charge in [0.15, 0.2) is 0 Å². The Morgan fingerprint density at radius 2 is 1.89 bits per heavy atom. The van der Waals surface area contributed by atoms with Gasteiger partial charge in [-0.1, -0.05) is 23.7 Å². The molecule has 0 bridgehead atoms. The number of halogens is 1. The first kappa shape index (κ1) is 12.4. The molecule has 19 heavy (non-hydrogen) atoms. The van der Waals surface area contributed by atoms with Crippen molar-refractivity contribution in [2.45, 2.75) is 12.8 Å². The van der Waals surface area contributed by atoms with Crippen molar-refractivity contribution in [2.75, 3.05) is 19.0 Å². The van der Waals surface area contributed by atoms with Gasteiger partial charge in [-0.05, 0) is 53.8 Å². The van der Waals surface area contributed by atoms with Crippen LogP contribution in [0.15, 0.2) is 36.4 Å². The first-order chi connectivity index (χ1) is 9.28. The highest BCUT2D eigenvalue weighted by molar-refractivity contribution is 6.32. The summed E-state index contributed by atoms with van der Waals surface area (Å²) in [6.07, 6.45) is 2.33. The molecule has 1 aliphatic rings. The number of aryl methyl sites for hydroxylation is 1. The molecule has 2 aromatic carbocycles. The van der Waals surface area contributed by atoms with Gasteiger partial charge in [0.2, 0.25) is 0 Å². The van der Waals surface area contributed by atoms with Gasteiger partial charge in [0, 0.05) is 12.2 Å². The van der Waals surface area contributed by atoms with Crippen LogP contribution in [0.4, 0.5) is 5.69 Å². The van der Waals surface area contributed by atoms with Gasteiger partial charge in [0.05, 0.1) is 12.1 Å². The predicted molar refractivity (Wildman–Crippen MR) is 80.3 cm³/mol. The average Bonchev–Trinajstić information content (AvgIpc) is 2.47. The Hall–Kier alpha value is -1.67. The van der Waals surface area contributed by atoms with Crippen molar-refractivity contribution in [3.8, 4) is 16.9 Å². The van der Waals surface area contributed by atoms with Crippen LogP contribution in [0.5, 0.6) is 5.75 Å². The molecule has 1 N–H and O–H groups in total. The van der Waals surface area contributed by atoms with E-state index in [0.29, 0.717) is 5.02 Å². The van der Waals surface area contributed by atoms with Crippen molar-refractivity contribution in [3.63, 3.8) is 0 Å². The summed E-state index contributed by atoms with van der Waals surface area (Å²) in [5.74, 6) is 0.718. The summed E-state index contributed by atoms with van der Waals surface area (Å²) in [5.41, 5.74) is 4.99. The summed E-state index contributed by atoms with van der Waals surface area (Å²) in [4.78, 5) is 0. The van der Waals surface area contributed by atoms with Crippen molar-refractivity contribution in [2.24, 2.45) is 0 Å². The van der Waals surface area contributed by atoms with Crippen LogP contribution in [0.25, 0.3) is 11.1 Å². The summed E-state index contributed by atoms with van der Waals surface area (Å²) in [6, 6.07) is 12.4. The molecule has 0 radical (unpaired) electrons. The SMILES string of the molecule is COc1cc(-c2ccc3c(c2)CCCN3)ccc1Cl. The number of anilines is 1. The zero-order valence-corrected chi connectivity index (χ0v) is 11.6. The molecule has 0 fully saturated rings. The zero-order chi connectivity index (χ0) is 13.2. The topological polar surface area (TPSA) is 21.3 Å². The number of hydrogen-bond donors (Lipinski definition) is 1. The monoisotopic (exact) mass is 273 g/mol. The second-order valence-corrected chi connectivity index (χ2v) is 5.16. The predicted octanol–water partition coefficient (Wildman–Crippen LogP) is 4.37. The van der Waals surface area contributed by atoms with E-state index in [4.69, 9.17) is 16.3 Å². The van der Waals surface area contributed by atoms with Crippen LogP contribution in [0, 0.1) is 0 Å². The second kappa shape index (κ2) is 5.14. The van der Waals surface area contributed by atoms with Crippen LogP contribution in [-0.2, 0) is 6.42 Å². The Labute approximate surface area is 118 Å². The lowest BCUT2D eigenvalue weighted by Crippen LogP contribution is -2.11. The molecule has 0 atom stereocenters. The van der Waals surface area contributed by atoms with Gasteiger partial charge < -0.3 is 10.1 Å². The van der Waals surface area contributed by atoms with Crippen LogP contribution in [0.3, 0.4) is 0 Å². The molecule has 0 saturated carbocycles. The van der Waals surface area contributed by atoms with Crippen molar-refractivity contribution < 1.29 is 4.74 Å². The minimum atomic E-state index is 0.644. The van der Waals surface area contributed by atoms with E-state index in [1.807, 2.05) is 18.2 Å². The van der Waals surface area contributed by atoms with E-state index in [0.717, 1.165) is 24.3 Å². The van der Waals surface area contributed by atoms with Gasteiger partial charge in [-0.15, -0.1) is 0 Å². The lowest BCUT2D eigenvalue weighted by molar-refractivity contribution is 0.415. The number of fused-ring (bicyclic) bond motifs is 1. The Bertz CT molecular complexity index is 610. The van der Waals surface area contributed by atoms with Crippen LogP contribution >= 0.6 is 11.6 Å². The minimum Gasteiger partial charge on any atom is -0.495 e. The molecule has 1 heterocycles. The molecule has 0 spiro atoms. The second-order valence-electron chi connectivity index (χ2n) is 4.75. The summed E-state index contributed by atoms with van der Waals surface area (Å²) in [5, 5.41) is 4.07. The number of nitrogens with one attached hydrogen (secondary N) is 1. The van der Waals surface area contributed by atoms with Crippen LogP contribution in [0.1, 0.15) is 12.0 Å². The average molecular weight is 274 g/mol. The van der Waals surface area contributed by atoms with Crippen molar-refractivity contribution in [3.05, 3.63) is 47.0 Å². The van der Waals surface area contributed by atoms with Gasteiger partial charge in [0.25, 0.3) is 0 Å². The standard InChI is InChI=1S/C16H16ClNO/c1-19-16-10-12(4-6-14(16)17)11-5-7-15-13(9-11)3-2-8-18-15/h4-7,9-10,18H,2-3,8H2,1H3. The Balaban J connectivity index is 2.02. The molecule has 0 amide bonds. The normalized spacial score (nSPS) is 13.6. The highest BCUT2D eigenvalue weighted by Gasteiger charge is 2.10.